The van der Waals surface area contributed by atoms with Gasteiger partial charge in [-0.15, -0.1) is 0 Å². The lowest BCUT2D eigenvalue weighted by molar-refractivity contribution is 1.01. The lowest BCUT2D eigenvalue weighted by atomic mass is 9.89. The summed E-state index contributed by atoms with van der Waals surface area (Å²) in [6, 6.07) is 60.2. The standard InChI is InChI=1S/C43H28N2/c1-3-19-37-31(14-1)32-15-2-4-20-38(32)43(37)28-24-25-36-35-18-7-10-23-41(35)45(42(36)26-28)30-13-11-12-29(27-30)44-39-21-8-5-16-33(39)34-17-6-9-22-40(34)44/h1-27,43H. The molecule has 0 atom stereocenters. The SMILES string of the molecule is c1cc(-n2c3ccccc3c3ccccc32)cc(-n2c3ccccc3c3ccc(C4c5ccccc5-c5ccccc54)cc32)c1. The Morgan fingerprint density at radius 3 is 1.33 bits per heavy atom. The normalized spacial score (nSPS) is 12.8. The summed E-state index contributed by atoms with van der Waals surface area (Å²) in [5.41, 5.74) is 14.0. The second kappa shape index (κ2) is 9.32. The molecule has 10 rings (SSSR count). The maximum absolute atomic E-state index is 2.46. The van der Waals surface area contributed by atoms with Crippen molar-refractivity contribution in [3.8, 4) is 22.5 Å². The average molecular weight is 573 g/mol. The van der Waals surface area contributed by atoms with Crippen LogP contribution in [-0.2, 0) is 0 Å². The molecule has 0 N–H and O–H groups in total. The van der Waals surface area contributed by atoms with Crippen LogP contribution in [-0.4, -0.2) is 9.13 Å². The van der Waals surface area contributed by atoms with Crippen LogP contribution in [0.25, 0.3) is 66.1 Å². The van der Waals surface area contributed by atoms with Crippen molar-refractivity contribution in [2.75, 3.05) is 0 Å². The molecule has 0 aliphatic heterocycles. The highest BCUT2D eigenvalue weighted by molar-refractivity contribution is 6.10. The van der Waals surface area contributed by atoms with Crippen LogP contribution in [0, 0.1) is 0 Å². The Morgan fingerprint density at radius 1 is 0.333 bits per heavy atom. The zero-order valence-electron chi connectivity index (χ0n) is 24.6. The van der Waals surface area contributed by atoms with Crippen LogP contribution in [0.1, 0.15) is 22.6 Å². The summed E-state index contributed by atoms with van der Waals surface area (Å²) < 4.78 is 4.86. The molecule has 9 aromatic rings. The maximum atomic E-state index is 2.46. The molecule has 7 aromatic carbocycles. The van der Waals surface area contributed by atoms with Gasteiger partial charge in [0, 0.05) is 38.8 Å². The van der Waals surface area contributed by atoms with Crippen LogP contribution in [0.4, 0.5) is 0 Å². The second-order valence-corrected chi connectivity index (χ2v) is 12.1. The van der Waals surface area contributed by atoms with Crippen molar-refractivity contribution < 1.29 is 0 Å². The molecule has 0 unspecified atom stereocenters. The highest BCUT2D eigenvalue weighted by Crippen LogP contribution is 2.48. The molecule has 2 heterocycles. The minimum Gasteiger partial charge on any atom is -0.309 e. The lowest BCUT2D eigenvalue weighted by Gasteiger charge is -2.16. The highest BCUT2D eigenvalue weighted by atomic mass is 15.0. The van der Waals surface area contributed by atoms with Crippen molar-refractivity contribution in [1.82, 2.24) is 9.13 Å². The molecule has 0 bridgehead atoms. The smallest absolute Gasteiger partial charge is 0.0544 e. The topological polar surface area (TPSA) is 9.86 Å². The number of para-hydroxylation sites is 3. The van der Waals surface area contributed by atoms with Gasteiger partial charge in [0.05, 0.1) is 22.1 Å². The Morgan fingerprint density at radius 2 is 0.778 bits per heavy atom. The fourth-order valence-electron chi connectivity index (χ4n) is 7.93. The van der Waals surface area contributed by atoms with E-state index < -0.39 is 0 Å². The van der Waals surface area contributed by atoms with Crippen LogP contribution in [0.2, 0.25) is 0 Å². The van der Waals surface area contributed by atoms with E-state index in [-0.39, 0.29) is 5.92 Å². The van der Waals surface area contributed by atoms with E-state index in [1.54, 1.807) is 0 Å². The third-order valence-electron chi connectivity index (χ3n) is 9.79. The van der Waals surface area contributed by atoms with Gasteiger partial charge in [0.2, 0.25) is 0 Å². The van der Waals surface area contributed by atoms with E-state index in [4.69, 9.17) is 0 Å². The van der Waals surface area contributed by atoms with Gasteiger partial charge in [0.25, 0.3) is 0 Å². The predicted molar refractivity (Wildman–Crippen MR) is 188 cm³/mol. The molecule has 0 fully saturated rings. The van der Waals surface area contributed by atoms with Crippen LogP contribution in [0.5, 0.6) is 0 Å². The van der Waals surface area contributed by atoms with Gasteiger partial charge >= 0.3 is 0 Å². The van der Waals surface area contributed by atoms with Crippen molar-refractivity contribution in [1.29, 1.82) is 0 Å². The Bertz CT molecular complexity index is 2520. The summed E-state index contributed by atoms with van der Waals surface area (Å²) in [5, 5.41) is 5.10. The van der Waals surface area contributed by atoms with Gasteiger partial charge in [-0.2, -0.15) is 0 Å². The molecule has 1 aliphatic carbocycles. The van der Waals surface area contributed by atoms with Crippen molar-refractivity contribution >= 4 is 43.6 Å². The first kappa shape index (κ1) is 24.6. The molecule has 2 aromatic heterocycles. The zero-order valence-corrected chi connectivity index (χ0v) is 24.6. The Hall–Kier alpha value is -5.86. The van der Waals surface area contributed by atoms with E-state index in [1.165, 1.54) is 71.4 Å². The summed E-state index contributed by atoms with van der Waals surface area (Å²) in [7, 11) is 0. The molecule has 0 saturated heterocycles. The van der Waals surface area contributed by atoms with Gasteiger partial charge in [-0.05, 0) is 70.3 Å². The first-order valence-corrected chi connectivity index (χ1v) is 15.7. The van der Waals surface area contributed by atoms with Crippen molar-refractivity contribution in [2.45, 2.75) is 5.92 Å². The van der Waals surface area contributed by atoms with Crippen molar-refractivity contribution in [3.05, 3.63) is 180 Å². The third-order valence-corrected chi connectivity index (χ3v) is 9.79. The Kier molecular flexibility index (Phi) is 5.09. The Balaban J connectivity index is 1.22. The summed E-state index contributed by atoms with van der Waals surface area (Å²) in [5.74, 6) is 0.206. The summed E-state index contributed by atoms with van der Waals surface area (Å²) in [6.45, 7) is 0. The van der Waals surface area contributed by atoms with E-state index in [0.717, 1.165) is 11.4 Å². The number of hydrogen-bond acceptors (Lipinski definition) is 0. The van der Waals surface area contributed by atoms with E-state index in [1.807, 2.05) is 0 Å². The van der Waals surface area contributed by atoms with Crippen LogP contribution in [0.3, 0.4) is 0 Å². The number of aromatic nitrogens is 2. The summed E-state index contributed by atoms with van der Waals surface area (Å²) >= 11 is 0. The molecule has 0 saturated carbocycles. The number of nitrogens with zero attached hydrogens (tertiary/aromatic N) is 2. The fraction of sp³-hybridized carbons (Fsp3) is 0.0233. The quantitative estimate of drug-likeness (QED) is 0.199. The predicted octanol–water partition coefficient (Wildman–Crippen LogP) is 11.0. The average Bonchev–Trinajstić information content (AvgIpc) is 3.74. The monoisotopic (exact) mass is 572 g/mol. The van der Waals surface area contributed by atoms with Gasteiger partial charge < -0.3 is 9.13 Å². The molecular formula is C43H28N2. The highest BCUT2D eigenvalue weighted by Gasteiger charge is 2.30. The van der Waals surface area contributed by atoms with E-state index in [0.29, 0.717) is 0 Å². The maximum Gasteiger partial charge on any atom is 0.0544 e. The minimum absolute atomic E-state index is 0.206. The molecule has 0 spiro atoms. The Labute approximate surface area is 261 Å². The number of rotatable bonds is 3. The molecule has 0 amide bonds. The first-order chi connectivity index (χ1) is 22.3. The molecule has 210 valence electrons. The minimum atomic E-state index is 0.206. The molecule has 45 heavy (non-hydrogen) atoms. The number of hydrogen-bond donors (Lipinski definition) is 0. The summed E-state index contributed by atoms with van der Waals surface area (Å²) in [6.07, 6.45) is 0. The van der Waals surface area contributed by atoms with Crippen LogP contribution in [0.15, 0.2) is 164 Å². The molecule has 1 aliphatic rings. The van der Waals surface area contributed by atoms with Crippen LogP contribution >= 0.6 is 0 Å². The fourth-order valence-corrected chi connectivity index (χ4v) is 7.93. The molecule has 2 heteroatoms. The number of benzene rings is 7. The van der Waals surface area contributed by atoms with E-state index in [9.17, 15) is 0 Å². The molecular weight excluding hydrogens is 544 g/mol. The van der Waals surface area contributed by atoms with E-state index in [2.05, 4.69) is 173 Å². The molecule has 0 radical (unpaired) electrons. The zero-order chi connectivity index (χ0) is 29.5. The van der Waals surface area contributed by atoms with Gasteiger partial charge in [0.15, 0.2) is 0 Å². The third kappa shape index (κ3) is 3.45. The van der Waals surface area contributed by atoms with Crippen molar-refractivity contribution in [2.24, 2.45) is 0 Å². The number of fused-ring (bicyclic) bond motifs is 9. The van der Waals surface area contributed by atoms with Gasteiger partial charge in [0.1, 0.15) is 0 Å². The van der Waals surface area contributed by atoms with E-state index >= 15 is 0 Å². The lowest BCUT2D eigenvalue weighted by Crippen LogP contribution is -2.01. The van der Waals surface area contributed by atoms with Gasteiger partial charge in [-0.1, -0.05) is 121 Å². The first-order valence-electron chi connectivity index (χ1n) is 15.7. The van der Waals surface area contributed by atoms with Gasteiger partial charge in [-0.25, -0.2) is 0 Å². The van der Waals surface area contributed by atoms with Gasteiger partial charge in [-0.3, -0.25) is 0 Å². The second-order valence-electron chi connectivity index (χ2n) is 12.1. The van der Waals surface area contributed by atoms with Crippen LogP contribution < -0.4 is 0 Å². The summed E-state index contributed by atoms with van der Waals surface area (Å²) in [4.78, 5) is 0. The van der Waals surface area contributed by atoms with Crippen molar-refractivity contribution in [3.63, 3.8) is 0 Å². The largest absolute Gasteiger partial charge is 0.309 e. The molecule has 2 nitrogen and oxygen atoms in total.